The van der Waals surface area contributed by atoms with Crippen LogP contribution in [0.5, 0.6) is 5.75 Å². The van der Waals surface area contributed by atoms with Gasteiger partial charge in [-0.05, 0) is 93.4 Å². The van der Waals surface area contributed by atoms with Crippen molar-refractivity contribution in [2.75, 3.05) is 19.8 Å². The molecule has 2 aromatic carbocycles. The first-order chi connectivity index (χ1) is 18.1. The largest absolute Gasteiger partial charge is 0.478 e. The molecule has 1 amide bonds. The predicted octanol–water partition coefficient (Wildman–Crippen LogP) is 5.91. The molecule has 3 aliphatic rings. The van der Waals surface area contributed by atoms with Gasteiger partial charge in [0.2, 0.25) is 5.91 Å². The molecule has 2 fully saturated rings. The van der Waals surface area contributed by atoms with Gasteiger partial charge in [-0.25, -0.2) is 4.79 Å². The van der Waals surface area contributed by atoms with E-state index in [1.807, 2.05) is 13.0 Å². The third kappa shape index (κ3) is 5.13. The predicted molar refractivity (Wildman–Crippen MR) is 135 cm³/mol. The van der Waals surface area contributed by atoms with Crippen LogP contribution in [-0.2, 0) is 17.5 Å². The smallest absolute Gasteiger partial charge is 0.416 e. The van der Waals surface area contributed by atoms with Gasteiger partial charge in [-0.3, -0.25) is 4.79 Å². The Morgan fingerprint density at radius 2 is 1.87 bits per heavy atom. The summed E-state index contributed by atoms with van der Waals surface area (Å²) in [6.07, 6.45) is 0.481. The molecule has 1 saturated carbocycles. The Labute approximate surface area is 220 Å². The molecule has 2 aliphatic heterocycles. The Bertz CT molecular complexity index is 1210. The lowest BCUT2D eigenvalue weighted by Gasteiger charge is -2.39. The third-order valence-electron chi connectivity index (χ3n) is 8.78. The normalized spacial score (nSPS) is 24.6. The van der Waals surface area contributed by atoms with Crippen LogP contribution in [0.25, 0.3) is 0 Å². The Kier molecular flexibility index (Phi) is 7.15. The number of likely N-dealkylation sites (tertiary alicyclic amines) is 1. The summed E-state index contributed by atoms with van der Waals surface area (Å²) < 4.78 is 45.3. The topological polar surface area (TPSA) is 70.1 Å². The van der Waals surface area contributed by atoms with E-state index in [1.165, 1.54) is 6.07 Å². The van der Waals surface area contributed by atoms with Crippen molar-refractivity contribution in [3.63, 3.8) is 0 Å². The van der Waals surface area contributed by atoms with Crippen LogP contribution in [-0.4, -0.2) is 52.6 Å². The van der Waals surface area contributed by atoms with Gasteiger partial charge in [0.05, 0.1) is 23.1 Å². The Morgan fingerprint density at radius 1 is 1.11 bits per heavy atom. The van der Waals surface area contributed by atoms with Crippen molar-refractivity contribution in [1.29, 1.82) is 0 Å². The van der Waals surface area contributed by atoms with E-state index in [-0.39, 0.29) is 25.2 Å². The zero-order valence-corrected chi connectivity index (χ0v) is 21.5. The summed E-state index contributed by atoms with van der Waals surface area (Å²) in [5.41, 5.74) is 0.478. The van der Waals surface area contributed by atoms with Gasteiger partial charge < -0.3 is 19.6 Å². The molecule has 2 heterocycles. The van der Waals surface area contributed by atoms with Crippen molar-refractivity contribution < 1.29 is 32.6 Å². The highest BCUT2D eigenvalue weighted by Gasteiger charge is 2.48. The molecule has 0 bridgehead atoms. The summed E-state index contributed by atoms with van der Waals surface area (Å²) in [5, 5.41) is 9.31. The van der Waals surface area contributed by atoms with E-state index >= 15 is 0 Å². The number of ether oxygens (including phenoxy) is 1. The number of carbonyl (C=O) groups excluding carboxylic acids is 1. The maximum Gasteiger partial charge on any atom is 0.416 e. The first-order valence-electron chi connectivity index (χ1n) is 13.3. The van der Waals surface area contributed by atoms with Gasteiger partial charge in [0.1, 0.15) is 5.75 Å². The molecule has 0 aromatic heterocycles. The fourth-order valence-corrected chi connectivity index (χ4v) is 6.48. The average molecular weight is 531 g/mol. The number of hydrogen-bond acceptors (Lipinski definition) is 4. The zero-order valence-electron chi connectivity index (χ0n) is 21.5. The second kappa shape index (κ2) is 10.2. The summed E-state index contributed by atoms with van der Waals surface area (Å²) in [6, 6.07) is 10.9. The summed E-state index contributed by atoms with van der Waals surface area (Å²) in [7, 11) is 0. The minimum atomic E-state index is -4.45. The Hall–Kier alpha value is -3.07. The fraction of sp³-hybridized carbons (Fsp3) is 0.517. The number of rotatable bonds is 5. The van der Waals surface area contributed by atoms with Gasteiger partial charge >= 0.3 is 12.1 Å². The highest BCUT2D eigenvalue weighted by Crippen LogP contribution is 2.46. The molecule has 0 spiro atoms. The SMILES string of the molecule is CC[C@]1(C(=O)N2COc3ccc(C(F)(F)F)cc3C2)CC[C@@H](N2CCC(c3cccc(C(=O)O)c3)CC2)C1. The molecule has 9 heteroatoms. The highest BCUT2D eigenvalue weighted by atomic mass is 19.4. The molecule has 2 atom stereocenters. The van der Waals surface area contributed by atoms with Crippen LogP contribution in [0.1, 0.15) is 78.4 Å². The minimum Gasteiger partial charge on any atom is -0.478 e. The van der Waals surface area contributed by atoms with Crippen LogP contribution in [0, 0.1) is 5.41 Å². The van der Waals surface area contributed by atoms with Crippen LogP contribution in [0.3, 0.4) is 0 Å². The van der Waals surface area contributed by atoms with Gasteiger partial charge in [0.15, 0.2) is 6.73 Å². The van der Waals surface area contributed by atoms with Crippen molar-refractivity contribution in [2.24, 2.45) is 5.41 Å². The monoisotopic (exact) mass is 530 g/mol. The quantitative estimate of drug-likeness (QED) is 0.521. The summed E-state index contributed by atoms with van der Waals surface area (Å²) in [5.74, 6) is -0.240. The van der Waals surface area contributed by atoms with E-state index in [1.54, 1.807) is 23.1 Å². The molecule has 1 saturated heterocycles. The van der Waals surface area contributed by atoms with E-state index < -0.39 is 23.1 Å². The molecule has 6 nitrogen and oxygen atoms in total. The number of amides is 1. The first kappa shape index (κ1) is 26.5. The molecule has 0 radical (unpaired) electrons. The second-order valence-electron chi connectivity index (χ2n) is 10.9. The summed E-state index contributed by atoms with van der Waals surface area (Å²) in [4.78, 5) is 29.1. The number of nitrogens with zero attached hydrogens (tertiary/aromatic N) is 2. The molecule has 204 valence electrons. The molecular formula is C29H33F3N2O4. The van der Waals surface area contributed by atoms with Gasteiger partial charge in [-0.2, -0.15) is 13.2 Å². The van der Waals surface area contributed by atoms with Crippen molar-refractivity contribution in [3.8, 4) is 5.75 Å². The van der Waals surface area contributed by atoms with Crippen LogP contribution in [0.2, 0.25) is 0 Å². The number of halogens is 3. The van der Waals surface area contributed by atoms with Crippen molar-refractivity contribution in [3.05, 3.63) is 64.7 Å². The number of carboxylic acid groups (broad SMARTS) is 1. The fourth-order valence-electron chi connectivity index (χ4n) is 6.48. The second-order valence-corrected chi connectivity index (χ2v) is 10.9. The van der Waals surface area contributed by atoms with Gasteiger partial charge in [-0.1, -0.05) is 19.1 Å². The molecular weight excluding hydrogens is 497 g/mol. The van der Waals surface area contributed by atoms with E-state index in [4.69, 9.17) is 4.74 Å². The Morgan fingerprint density at radius 3 is 2.55 bits per heavy atom. The van der Waals surface area contributed by atoms with E-state index in [2.05, 4.69) is 4.90 Å². The standard InChI is InChI=1S/C29H33F3N2O4/c1-2-28(27(37)34-17-22-15-23(29(30,31)32)6-7-25(22)38-18-34)11-8-24(16-28)33-12-9-19(10-13-33)20-4-3-5-21(14-20)26(35)36/h3-7,14-15,19,24H,2,8-13,16-18H2,1H3,(H,35,36)/t24-,28+/m1/s1. The molecule has 0 unspecified atom stereocenters. The number of hydrogen-bond donors (Lipinski definition) is 1. The number of carbonyl (C=O) groups is 2. The lowest BCUT2D eigenvalue weighted by molar-refractivity contribution is -0.147. The molecule has 38 heavy (non-hydrogen) atoms. The van der Waals surface area contributed by atoms with Crippen molar-refractivity contribution in [2.45, 2.75) is 70.1 Å². The van der Waals surface area contributed by atoms with E-state index in [9.17, 15) is 27.9 Å². The highest BCUT2D eigenvalue weighted by molar-refractivity contribution is 5.87. The van der Waals surface area contributed by atoms with Gasteiger partial charge in [0, 0.05) is 11.6 Å². The molecule has 1 N–H and O–H groups in total. The van der Waals surface area contributed by atoms with Crippen LogP contribution >= 0.6 is 0 Å². The Balaban J connectivity index is 1.22. The van der Waals surface area contributed by atoms with Gasteiger partial charge in [-0.15, -0.1) is 0 Å². The molecule has 5 rings (SSSR count). The van der Waals surface area contributed by atoms with E-state index in [0.717, 1.165) is 62.9 Å². The molecule has 2 aromatic rings. The lowest BCUT2D eigenvalue weighted by atomic mass is 9.81. The van der Waals surface area contributed by atoms with Crippen LogP contribution < -0.4 is 4.74 Å². The van der Waals surface area contributed by atoms with Crippen molar-refractivity contribution >= 4 is 11.9 Å². The number of piperidine rings is 1. The zero-order chi connectivity index (χ0) is 27.1. The van der Waals surface area contributed by atoms with E-state index in [0.29, 0.717) is 29.2 Å². The third-order valence-corrected chi connectivity index (χ3v) is 8.78. The number of aromatic carboxylic acids is 1. The number of carboxylic acids is 1. The minimum absolute atomic E-state index is 0.0362. The van der Waals surface area contributed by atoms with Gasteiger partial charge in [0.25, 0.3) is 0 Å². The number of alkyl halides is 3. The van der Waals surface area contributed by atoms with Crippen molar-refractivity contribution in [1.82, 2.24) is 9.80 Å². The maximum absolute atomic E-state index is 13.8. The average Bonchev–Trinajstić information content (AvgIpc) is 3.37. The number of fused-ring (bicyclic) bond motifs is 1. The summed E-state index contributed by atoms with van der Waals surface area (Å²) in [6.45, 7) is 3.96. The lowest BCUT2D eigenvalue weighted by Crippen LogP contribution is -2.47. The molecule has 1 aliphatic carbocycles. The first-order valence-corrected chi connectivity index (χ1v) is 13.3. The summed E-state index contributed by atoms with van der Waals surface area (Å²) >= 11 is 0. The number of benzene rings is 2. The van der Waals surface area contributed by atoms with Crippen LogP contribution in [0.15, 0.2) is 42.5 Å². The maximum atomic E-state index is 13.8. The van der Waals surface area contributed by atoms with Crippen LogP contribution in [0.4, 0.5) is 13.2 Å².